The smallest absolute Gasteiger partial charge is 0.261 e. The second-order valence-corrected chi connectivity index (χ2v) is 11.2. The number of halogens is 2. The average Bonchev–Trinajstić information content (AvgIpc) is 2.80. The number of ether oxygens (including phenoxy) is 1. The summed E-state index contributed by atoms with van der Waals surface area (Å²) in [6.45, 7) is 5.89. The van der Waals surface area contributed by atoms with Gasteiger partial charge in [0.25, 0.3) is 5.91 Å². The molecule has 3 aromatic rings. The zero-order valence-corrected chi connectivity index (χ0v) is 23.3. The third kappa shape index (κ3) is 8.82. The van der Waals surface area contributed by atoms with E-state index in [0.29, 0.717) is 12.2 Å². The lowest BCUT2D eigenvalue weighted by Gasteiger charge is -2.33. The molecule has 0 bridgehead atoms. The quantitative estimate of drug-likeness (QED) is 0.320. The van der Waals surface area contributed by atoms with Gasteiger partial charge < -0.3 is 15.0 Å². The van der Waals surface area contributed by atoms with Crippen LogP contribution < -0.4 is 10.1 Å². The largest absolute Gasteiger partial charge is 0.484 e. The molecule has 3 aromatic carbocycles. The van der Waals surface area contributed by atoms with Crippen molar-refractivity contribution in [3.05, 3.63) is 98.9 Å². The molecule has 35 heavy (non-hydrogen) atoms. The molecule has 5 nitrogen and oxygen atoms in total. The van der Waals surface area contributed by atoms with Crippen molar-refractivity contribution in [3.8, 4) is 5.75 Å². The Bertz CT molecular complexity index is 1130. The molecular formula is C28H30Br2N2O3. The monoisotopic (exact) mass is 600 g/mol. The summed E-state index contributed by atoms with van der Waals surface area (Å²) >= 11 is 6.91. The van der Waals surface area contributed by atoms with E-state index in [-0.39, 0.29) is 25.0 Å². The van der Waals surface area contributed by atoms with Gasteiger partial charge in [-0.25, -0.2) is 0 Å². The highest BCUT2D eigenvalue weighted by Crippen LogP contribution is 2.20. The summed E-state index contributed by atoms with van der Waals surface area (Å²) in [6, 6.07) is 24.1. The third-order valence-corrected chi connectivity index (χ3v) is 6.21. The number of benzene rings is 3. The van der Waals surface area contributed by atoms with Crippen LogP contribution in [0.5, 0.6) is 5.75 Å². The molecule has 0 radical (unpaired) electrons. The van der Waals surface area contributed by atoms with Crippen LogP contribution in [0.2, 0.25) is 0 Å². The first-order valence-corrected chi connectivity index (χ1v) is 13.0. The van der Waals surface area contributed by atoms with Crippen molar-refractivity contribution in [2.24, 2.45) is 0 Å². The van der Waals surface area contributed by atoms with E-state index in [2.05, 4.69) is 37.2 Å². The van der Waals surface area contributed by atoms with Crippen molar-refractivity contribution in [2.45, 2.75) is 45.3 Å². The van der Waals surface area contributed by atoms with Crippen LogP contribution >= 0.6 is 31.9 Å². The van der Waals surface area contributed by atoms with Gasteiger partial charge in [-0.2, -0.15) is 0 Å². The van der Waals surface area contributed by atoms with Crippen LogP contribution in [0.25, 0.3) is 0 Å². The van der Waals surface area contributed by atoms with E-state index in [1.54, 1.807) is 17.0 Å². The summed E-state index contributed by atoms with van der Waals surface area (Å²) in [5.41, 5.74) is 1.45. The minimum atomic E-state index is -0.711. The van der Waals surface area contributed by atoms with E-state index in [0.717, 1.165) is 20.1 Å². The summed E-state index contributed by atoms with van der Waals surface area (Å²) in [5.74, 6) is 0.119. The first kappa shape index (κ1) is 27.0. The second-order valence-electron chi connectivity index (χ2n) is 9.34. The van der Waals surface area contributed by atoms with Crippen molar-refractivity contribution in [2.75, 3.05) is 6.61 Å². The predicted molar refractivity (Wildman–Crippen MR) is 146 cm³/mol. The fraction of sp³-hybridized carbons (Fsp3) is 0.286. The van der Waals surface area contributed by atoms with Crippen LogP contribution in [0.4, 0.5) is 0 Å². The molecule has 0 aliphatic carbocycles. The Balaban J connectivity index is 1.92. The molecule has 0 saturated carbocycles. The minimum absolute atomic E-state index is 0.177. The Hall–Kier alpha value is -2.64. The standard InChI is InChI=1S/C28H30Br2N2O3/c1-28(2,3)31-27(34)25(17-20-8-5-4-6-9-20)32(18-21-10-7-11-23(30)16-21)26(33)19-35-24-14-12-22(29)13-15-24/h4-16,25H,17-19H2,1-3H3,(H,31,34). The molecule has 0 heterocycles. The maximum atomic E-state index is 13.6. The molecule has 0 saturated heterocycles. The van der Waals surface area contributed by atoms with E-state index in [1.807, 2.05) is 87.5 Å². The van der Waals surface area contributed by atoms with E-state index >= 15 is 0 Å². The van der Waals surface area contributed by atoms with Crippen LogP contribution in [-0.4, -0.2) is 34.9 Å². The molecule has 0 spiro atoms. The number of nitrogens with one attached hydrogen (secondary N) is 1. The first-order valence-electron chi connectivity index (χ1n) is 11.4. The second kappa shape index (κ2) is 12.4. The first-order chi connectivity index (χ1) is 16.6. The molecule has 1 N–H and O–H groups in total. The van der Waals surface area contributed by atoms with Crippen LogP contribution in [0.1, 0.15) is 31.9 Å². The fourth-order valence-corrected chi connectivity index (χ4v) is 4.31. The molecule has 0 aliphatic rings. The van der Waals surface area contributed by atoms with Crippen molar-refractivity contribution in [1.82, 2.24) is 10.2 Å². The van der Waals surface area contributed by atoms with Gasteiger partial charge in [0.05, 0.1) is 0 Å². The van der Waals surface area contributed by atoms with E-state index in [4.69, 9.17) is 4.74 Å². The topological polar surface area (TPSA) is 58.6 Å². The summed E-state index contributed by atoms with van der Waals surface area (Å²) in [4.78, 5) is 28.7. The fourth-order valence-electron chi connectivity index (χ4n) is 3.60. The summed E-state index contributed by atoms with van der Waals surface area (Å²) < 4.78 is 7.63. The molecule has 0 aliphatic heterocycles. The maximum Gasteiger partial charge on any atom is 0.261 e. The third-order valence-electron chi connectivity index (χ3n) is 5.19. The number of hydrogen-bond acceptors (Lipinski definition) is 3. The molecule has 0 fully saturated rings. The van der Waals surface area contributed by atoms with Crippen LogP contribution in [0, 0.1) is 0 Å². The van der Waals surface area contributed by atoms with E-state index in [1.165, 1.54) is 0 Å². The average molecular weight is 602 g/mol. The zero-order valence-electron chi connectivity index (χ0n) is 20.1. The Morgan fingerprint density at radius 2 is 1.54 bits per heavy atom. The Morgan fingerprint density at radius 3 is 2.17 bits per heavy atom. The van der Waals surface area contributed by atoms with Gasteiger partial charge in [0.1, 0.15) is 11.8 Å². The molecule has 2 amide bonds. The normalized spacial score (nSPS) is 12.0. The molecule has 0 aromatic heterocycles. The molecule has 184 valence electrons. The minimum Gasteiger partial charge on any atom is -0.484 e. The van der Waals surface area contributed by atoms with Gasteiger partial charge in [-0.1, -0.05) is 74.3 Å². The highest BCUT2D eigenvalue weighted by molar-refractivity contribution is 9.10. The highest BCUT2D eigenvalue weighted by atomic mass is 79.9. The Kier molecular flexibility index (Phi) is 9.52. The number of rotatable bonds is 9. The van der Waals surface area contributed by atoms with Gasteiger partial charge in [0.15, 0.2) is 6.61 Å². The van der Waals surface area contributed by atoms with Crippen LogP contribution in [0.3, 0.4) is 0 Å². The van der Waals surface area contributed by atoms with Gasteiger partial charge in [0.2, 0.25) is 5.91 Å². The van der Waals surface area contributed by atoms with Gasteiger partial charge in [-0.3, -0.25) is 9.59 Å². The van der Waals surface area contributed by atoms with Crippen molar-refractivity contribution >= 4 is 43.7 Å². The van der Waals surface area contributed by atoms with Crippen molar-refractivity contribution < 1.29 is 14.3 Å². The molecular weight excluding hydrogens is 572 g/mol. The summed E-state index contributed by atoms with van der Waals surface area (Å²) in [7, 11) is 0. The van der Waals surface area contributed by atoms with Crippen molar-refractivity contribution in [1.29, 1.82) is 0 Å². The molecule has 1 atom stereocenters. The lowest BCUT2D eigenvalue weighted by atomic mass is 10.0. The lowest BCUT2D eigenvalue weighted by Crippen LogP contribution is -2.55. The summed E-state index contributed by atoms with van der Waals surface area (Å²) in [5, 5.41) is 3.06. The highest BCUT2D eigenvalue weighted by Gasteiger charge is 2.32. The number of hydrogen-bond donors (Lipinski definition) is 1. The van der Waals surface area contributed by atoms with Gasteiger partial charge >= 0.3 is 0 Å². The van der Waals surface area contributed by atoms with E-state index < -0.39 is 11.6 Å². The Morgan fingerprint density at radius 1 is 0.886 bits per heavy atom. The van der Waals surface area contributed by atoms with Crippen LogP contribution in [0.15, 0.2) is 87.8 Å². The van der Waals surface area contributed by atoms with Crippen molar-refractivity contribution in [3.63, 3.8) is 0 Å². The van der Waals surface area contributed by atoms with Crippen LogP contribution in [-0.2, 0) is 22.6 Å². The number of carbonyl (C=O) groups is 2. The zero-order chi connectivity index (χ0) is 25.4. The maximum absolute atomic E-state index is 13.6. The van der Waals surface area contributed by atoms with E-state index in [9.17, 15) is 9.59 Å². The van der Waals surface area contributed by atoms with Gasteiger partial charge in [0, 0.05) is 27.4 Å². The number of carbonyl (C=O) groups excluding carboxylic acids is 2. The lowest BCUT2D eigenvalue weighted by molar-refractivity contribution is -0.143. The summed E-state index contributed by atoms with van der Waals surface area (Å²) in [6.07, 6.45) is 0.390. The predicted octanol–water partition coefficient (Wildman–Crippen LogP) is 6.15. The molecule has 3 rings (SSSR count). The molecule has 7 heteroatoms. The number of nitrogens with zero attached hydrogens (tertiary/aromatic N) is 1. The van der Waals surface area contributed by atoms with Gasteiger partial charge in [-0.15, -0.1) is 0 Å². The SMILES string of the molecule is CC(C)(C)NC(=O)C(Cc1ccccc1)N(Cc1cccc(Br)c1)C(=O)COc1ccc(Br)cc1. The Labute approximate surface area is 224 Å². The number of amides is 2. The molecule has 1 unspecified atom stereocenters. The van der Waals surface area contributed by atoms with Gasteiger partial charge in [-0.05, 0) is 68.3 Å².